The smallest absolute Gasteiger partial charge is 0.305 e. The first-order valence-corrected chi connectivity index (χ1v) is 7.43. The van der Waals surface area contributed by atoms with E-state index in [0.29, 0.717) is 0 Å². The molecule has 1 aliphatic carbocycles. The van der Waals surface area contributed by atoms with Gasteiger partial charge in [-0.15, -0.1) is 0 Å². The van der Waals surface area contributed by atoms with E-state index in [9.17, 15) is 9.59 Å². The first-order chi connectivity index (χ1) is 10.1. The Labute approximate surface area is 124 Å². The van der Waals surface area contributed by atoms with Crippen LogP contribution in [0.3, 0.4) is 0 Å². The van der Waals surface area contributed by atoms with Crippen LogP contribution in [0.25, 0.3) is 0 Å². The van der Waals surface area contributed by atoms with Crippen LogP contribution >= 0.6 is 0 Å². The fourth-order valence-electron chi connectivity index (χ4n) is 2.85. The van der Waals surface area contributed by atoms with Gasteiger partial charge in [-0.05, 0) is 25.0 Å². The molecule has 5 nitrogen and oxygen atoms in total. The molecule has 2 rings (SSSR count). The highest BCUT2D eigenvalue weighted by atomic mass is 16.4. The molecule has 1 amide bonds. The maximum absolute atomic E-state index is 12.8. The second-order valence-electron chi connectivity index (χ2n) is 5.52. The van der Waals surface area contributed by atoms with Crippen LogP contribution in [0.4, 0.5) is 5.69 Å². The van der Waals surface area contributed by atoms with Gasteiger partial charge in [0.2, 0.25) is 5.91 Å². The number of amides is 1. The number of hydrogen-bond donors (Lipinski definition) is 2. The SMILES string of the molecule is NC1CCCCC1C(=O)N(CCC(=O)O)c1ccccc1. The van der Waals surface area contributed by atoms with E-state index in [1.54, 1.807) is 4.90 Å². The minimum absolute atomic E-state index is 0.0466. The lowest BCUT2D eigenvalue weighted by molar-refractivity contribution is -0.136. The number of carboxylic acid groups (broad SMARTS) is 1. The molecule has 1 aromatic carbocycles. The number of nitrogens with two attached hydrogens (primary N) is 1. The van der Waals surface area contributed by atoms with Crippen molar-refractivity contribution in [1.29, 1.82) is 0 Å². The summed E-state index contributed by atoms with van der Waals surface area (Å²) < 4.78 is 0. The van der Waals surface area contributed by atoms with E-state index in [1.807, 2.05) is 30.3 Å². The number of benzene rings is 1. The third kappa shape index (κ3) is 4.04. The number of rotatable bonds is 5. The molecule has 5 heteroatoms. The lowest BCUT2D eigenvalue weighted by atomic mass is 9.84. The second kappa shape index (κ2) is 7.22. The summed E-state index contributed by atoms with van der Waals surface area (Å²) in [5, 5.41) is 8.89. The van der Waals surface area contributed by atoms with Crippen LogP contribution in [0.15, 0.2) is 30.3 Å². The molecular weight excluding hydrogens is 268 g/mol. The highest BCUT2D eigenvalue weighted by molar-refractivity contribution is 5.96. The molecule has 0 spiro atoms. The van der Waals surface area contributed by atoms with Crippen molar-refractivity contribution < 1.29 is 14.7 Å². The third-order valence-electron chi connectivity index (χ3n) is 4.02. The maximum Gasteiger partial charge on any atom is 0.305 e. The molecule has 1 aromatic rings. The summed E-state index contributed by atoms with van der Waals surface area (Å²) >= 11 is 0. The first kappa shape index (κ1) is 15.5. The van der Waals surface area contributed by atoms with Gasteiger partial charge >= 0.3 is 5.97 Å². The Hall–Kier alpha value is -1.88. The maximum atomic E-state index is 12.8. The van der Waals surface area contributed by atoms with Crippen LogP contribution in [-0.4, -0.2) is 29.6 Å². The van der Waals surface area contributed by atoms with Crippen molar-refractivity contribution in [2.45, 2.75) is 38.1 Å². The molecule has 0 radical (unpaired) electrons. The van der Waals surface area contributed by atoms with Gasteiger partial charge in [0, 0.05) is 18.3 Å². The van der Waals surface area contributed by atoms with Gasteiger partial charge in [0.25, 0.3) is 0 Å². The van der Waals surface area contributed by atoms with Crippen molar-refractivity contribution in [2.75, 3.05) is 11.4 Å². The van der Waals surface area contributed by atoms with Crippen molar-refractivity contribution in [3.8, 4) is 0 Å². The number of hydrogen-bond acceptors (Lipinski definition) is 3. The molecular formula is C16H22N2O3. The molecule has 1 aliphatic rings. The normalized spacial score (nSPS) is 21.8. The predicted octanol–water partition coefficient (Wildman–Crippen LogP) is 2.01. The lowest BCUT2D eigenvalue weighted by Crippen LogP contribution is -2.46. The molecule has 2 atom stereocenters. The van der Waals surface area contributed by atoms with Gasteiger partial charge in [-0.2, -0.15) is 0 Å². The molecule has 1 saturated carbocycles. The van der Waals surface area contributed by atoms with Crippen molar-refractivity contribution in [3.05, 3.63) is 30.3 Å². The van der Waals surface area contributed by atoms with Crippen LogP contribution < -0.4 is 10.6 Å². The minimum atomic E-state index is -0.906. The van der Waals surface area contributed by atoms with Crippen molar-refractivity contribution in [3.63, 3.8) is 0 Å². The molecule has 1 fully saturated rings. The Balaban J connectivity index is 2.17. The van der Waals surface area contributed by atoms with E-state index in [-0.39, 0.29) is 30.8 Å². The number of carbonyl (C=O) groups excluding carboxylic acids is 1. The Morgan fingerprint density at radius 2 is 1.86 bits per heavy atom. The molecule has 0 heterocycles. The average molecular weight is 290 g/mol. The van der Waals surface area contributed by atoms with E-state index in [2.05, 4.69) is 0 Å². The summed E-state index contributed by atoms with van der Waals surface area (Å²) in [6.45, 7) is 0.182. The second-order valence-corrected chi connectivity index (χ2v) is 5.52. The van der Waals surface area contributed by atoms with E-state index >= 15 is 0 Å². The molecule has 3 N–H and O–H groups in total. The van der Waals surface area contributed by atoms with Gasteiger partial charge in [0.15, 0.2) is 0 Å². The summed E-state index contributed by atoms with van der Waals surface area (Å²) in [7, 11) is 0. The number of anilines is 1. The number of para-hydroxylation sites is 1. The standard InChI is InChI=1S/C16H22N2O3/c17-14-9-5-4-8-13(14)16(21)18(11-10-15(19)20)12-6-2-1-3-7-12/h1-3,6-7,13-14H,4-5,8-11,17H2,(H,19,20). The molecule has 114 valence electrons. The zero-order chi connectivity index (χ0) is 15.2. The van der Waals surface area contributed by atoms with Gasteiger partial charge in [-0.25, -0.2) is 0 Å². The Morgan fingerprint density at radius 1 is 1.19 bits per heavy atom. The topological polar surface area (TPSA) is 83.6 Å². The molecule has 0 saturated heterocycles. The van der Waals surface area contributed by atoms with Gasteiger partial charge in [0.1, 0.15) is 0 Å². The van der Waals surface area contributed by atoms with Crippen LogP contribution in [0.1, 0.15) is 32.1 Å². The summed E-state index contributed by atoms with van der Waals surface area (Å²) in [6.07, 6.45) is 3.65. The van der Waals surface area contributed by atoms with Gasteiger partial charge in [0.05, 0.1) is 12.3 Å². The molecule has 2 unspecified atom stereocenters. The average Bonchev–Trinajstić information content (AvgIpc) is 2.48. The fraction of sp³-hybridized carbons (Fsp3) is 0.500. The first-order valence-electron chi connectivity index (χ1n) is 7.43. The minimum Gasteiger partial charge on any atom is -0.481 e. The zero-order valence-corrected chi connectivity index (χ0v) is 12.1. The van der Waals surface area contributed by atoms with Crippen LogP contribution in [0.2, 0.25) is 0 Å². The molecule has 0 bridgehead atoms. The summed E-state index contributed by atoms with van der Waals surface area (Å²) in [6, 6.07) is 9.09. The number of carbonyl (C=O) groups is 2. The Bertz CT molecular complexity index is 490. The van der Waals surface area contributed by atoms with Gasteiger partial charge in [-0.1, -0.05) is 31.0 Å². The van der Waals surface area contributed by atoms with Crippen LogP contribution in [0.5, 0.6) is 0 Å². The lowest BCUT2D eigenvalue weighted by Gasteiger charge is -2.32. The molecule has 21 heavy (non-hydrogen) atoms. The third-order valence-corrected chi connectivity index (χ3v) is 4.02. The monoisotopic (exact) mass is 290 g/mol. The van der Waals surface area contributed by atoms with Crippen molar-refractivity contribution in [2.24, 2.45) is 11.7 Å². The van der Waals surface area contributed by atoms with E-state index in [4.69, 9.17) is 10.8 Å². The number of nitrogens with zero attached hydrogens (tertiary/aromatic N) is 1. The van der Waals surface area contributed by atoms with Crippen LogP contribution in [-0.2, 0) is 9.59 Å². The highest BCUT2D eigenvalue weighted by Gasteiger charge is 2.32. The Morgan fingerprint density at radius 3 is 2.48 bits per heavy atom. The summed E-state index contributed by atoms with van der Waals surface area (Å²) in [5.41, 5.74) is 6.83. The van der Waals surface area contributed by atoms with Gasteiger partial charge < -0.3 is 15.7 Å². The number of carboxylic acids is 1. The van der Waals surface area contributed by atoms with Crippen molar-refractivity contribution in [1.82, 2.24) is 0 Å². The Kier molecular flexibility index (Phi) is 5.33. The number of aliphatic carboxylic acids is 1. The van der Waals surface area contributed by atoms with E-state index in [1.165, 1.54) is 0 Å². The fourth-order valence-corrected chi connectivity index (χ4v) is 2.85. The van der Waals surface area contributed by atoms with Gasteiger partial charge in [-0.3, -0.25) is 9.59 Å². The quantitative estimate of drug-likeness (QED) is 0.869. The van der Waals surface area contributed by atoms with Crippen molar-refractivity contribution >= 4 is 17.6 Å². The van der Waals surface area contributed by atoms with E-state index < -0.39 is 5.97 Å². The summed E-state index contributed by atoms with van der Waals surface area (Å²) in [5.74, 6) is -1.15. The van der Waals surface area contributed by atoms with Crippen LogP contribution in [0, 0.1) is 5.92 Å². The summed E-state index contributed by atoms with van der Waals surface area (Å²) in [4.78, 5) is 25.2. The van der Waals surface area contributed by atoms with E-state index in [0.717, 1.165) is 31.4 Å². The largest absolute Gasteiger partial charge is 0.481 e. The highest BCUT2D eigenvalue weighted by Crippen LogP contribution is 2.27. The molecule has 0 aromatic heterocycles. The predicted molar refractivity (Wildman–Crippen MR) is 81.0 cm³/mol. The molecule has 0 aliphatic heterocycles. The zero-order valence-electron chi connectivity index (χ0n) is 12.1.